The summed E-state index contributed by atoms with van der Waals surface area (Å²) in [6, 6.07) is 1.66. The van der Waals surface area contributed by atoms with E-state index in [0.29, 0.717) is 22.0 Å². The maximum absolute atomic E-state index is 12.4. The van der Waals surface area contributed by atoms with E-state index in [9.17, 15) is 8.78 Å². The molecule has 0 fully saturated rings. The van der Waals surface area contributed by atoms with Gasteiger partial charge >= 0.3 is 6.43 Å². The predicted octanol–water partition coefficient (Wildman–Crippen LogP) is 3.18. The Kier molecular flexibility index (Phi) is 3.53. The SMILES string of the molecule is FC(F)c1nnc(-c2cnc(-c3cncc(Cl)c3)nc2)o1. The second kappa shape index (κ2) is 5.49. The molecule has 0 saturated carbocycles. The van der Waals surface area contributed by atoms with Crippen LogP contribution in [0.2, 0.25) is 5.02 Å². The standard InChI is InChI=1S/C12H6ClF2N5O/c13-8-1-6(2-16-5-8)10-17-3-7(4-18-10)11-19-20-12(21-11)9(14)15/h1-5,9H. The van der Waals surface area contributed by atoms with E-state index in [1.807, 2.05) is 0 Å². The number of nitrogens with zero attached hydrogens (tertiary/aromatic N) is 5. The highest BCUT2D eigenvalue weighted by molar-refractivity contribution is 6.30. The quantitative estimate of drug-likeness (QED) is 0.739. The number of rotatable bonds is 3. The van der Waals surface area contributed by atoms with Gasteiger partial charge in [0.05, 0.1) is 10.6 Å². The van der Waals surface area contributed by atoms with Crippen LogP contribution in [0, 0.1) is 0 Å². The minimum absolute atomic E-state index is 0.0685. The molecule has 0 saturated heterocycles. The molecule has 0 spiro atoms. The van der Waals surface area contributed by atoms with E-state index in [2.05, 4.69) is 25.1 Å². The van der Waals surface area contributed by atoms with Crippen LogP contribution in [0.1, 0.15) is 12.3 Å². The van der Waals surface area contributed by atoms with E-state index >= 15 is 0 Å². The predicted molar refractivity (Wildman–Crippen MR) is 68.5 cm³/mol. The fourth-order valence-electron chi connectivity index (χ4n) is 1.56. The van der Waals surface area contributed by atoms with Crippen molar-refractivity contribution < 1.29 is 13.2 Å². The molecule has 0 N–H and O–H groups in total. The summed E-state index contributed by atoms with van der Waals surface area (Å²) in [5.41, 5.74) is 0.973. The van der Waals surface area contributed by atoms with Gasteiger partial charge < -0.3 is 4.42 Å². The van der Waals surface area contributed by atoms with E-state index in [-0.39, 0.29) is 5.89 Å². The zero-order chi connectivity index (χ0) is 14.8. The number of pyridine rings is 1. The van der Waals surface area contributed by atoms with Crippen LogP contribution in [0.3, 0.4) is 0 Å². The monoisotopic (exact) mass is 309 g/mol. The van der Waals surface area contributed by atoms with Gasteiger partial charge in [-0.1, -0.05) is 11.6 Å². The van der Waals surface area contributed by atoms with Gasteiger partial charge in [-0.25, -0.2) is 9.97 Å². The fourth-order valence-corrected chi connectivity index (χ4v) is 1.74. The second-order valence-electron chi connectivity index (χ2n) is 3.93. The van der Waals surface area contributed by atoms with Crippen LogP contribution in [-0.2, 0) is 0 Å². The Labute approximate surface area is 121 Å². The van der Waals surface area contributed by atoms with Crippen LogP contribution in [0.15, 0.2) is 35.3 Å². The maximum Gasteiger partial charge on any atom is 0.314 e. The summed E-state index contributed by atoms with van der Waals surface area (Å²) >= 11 is 5.83. The summed E-state index contributed by atoms with van der Waals surface area (Å²) in [5.74, 6) is -0.420. The summed E-state index contributed by atoms with van der Waals surface area (Å²) in [5, 5.41) is 7.21. The maximum atomic E-state index is 12.4. The van der Waals surface area contributed by atoms with Gasteiger partial charge in [-0.15, -0.1) is 10.2 Å². The van der Waals surface area contributed by atoms with Crippen molar-refractivity contribution in [2.24, 2.45) is 0 Å². The minimum Gasteiger partial charge on any atom is -0.415 e. The van der Waals surface area contributed by atoms with Crippen LogP contribution in [0.5, 0.6) is 0 Å². The van der Waals surface area contributed by atoms with Gasteiger partial charge in [-0.3, -0.25) is 4.98 Å². The largest absolute Gasteiger partial charge is 0.415 e. The van der Waals surface area contributed by atoms with Crippen molar-refractivity contribution in [2.75, 3.05) is 0 Å². The molecule has 106 valence electrons. The van der Waals surface area contributed by atoms with Crippen molar-refractivity contribution in [1.82, 2.24) is 25.1 Å². The third kappa shape index (κ3) is 2.84. The molecule has 9 heteroatoms. The van der Waals surface area contributed by atoms with Crippen LogP contribution in [0.4, 0.5) is 8.78 Å². The van der Waals surface area contributed by atoms with Gasteiger partial charge in [0.15, 0.2) is 5.82 Å². The molecule has 0 radical (unpaired) electrons. The Hall–Kier alpha value is -2.48. The van der Waals surface area contributed by atoms with E-state index in [1.54, 1.807) is 12.3 Å². The molecule has 0 aliphatic heterocycles. The first-order valence-electron chi connectivity index (χ1n) is 5.68. The molecule has 0 aliphatic carbocycles. The molecular weight excluding hydrogens is 304 g/mol. The van der Waals surface area contributed by atoms with Crippen LogP contribution in [-0.4, -0.2) is 25.1 Å². The van der Waals surface area contributed by atoms with Gasteiger partial charge in [0.25, 0.3) is 11.8 Å². The molecule has 3 aromatic heterocycles. The second-order valence-corrected chi connectivity index (χ2v) is 4.37. The van der Waals surface area contributed by atoms with Crippen molar-refractivity contribution in [3.05, 3.63) is 41.8 Å². The normalized spacial score (nSPS) is 11.0. The lowest BCUT2D eigenvalue weighted by Crippen LogP contribution is -1.90. The van der Waals surface area contributed by atoms with Crippen LogP contribution < -0.4 is 0 Å². The number of halogens is 3. The summed E-state index contributed by atoms with van der Waals surface area (Å²) in [4.78, 5) is 12.1. The summed E-state index contributed by atoms with van der Waals surface area (Å²) < 4.78 is 29.6. The van der Waals surface area contributed by atoms with E-state index in [0.717, 1.165) is 0 Å². The highest BCUT2D eigenvalue weighted by atomic mass is 35.5. The molecule has 3 aromatic rings. The first kappa shape index (κ1) is 13.5. The number of alkyl halides is 2. The highest BCUT2D eigenvalue weighted by Crippen LogP contribution is 2.23. The fraction of sp³-hybridized carbons (Fsp3) is 0.0833. The molecule has 0 aliphatic rings. The molecule has 0 amide bonds. The zero-order valence-electron chi connectivity index (χ0n) is 10.2. The summed E-state index contributed by atoms with van der Waals surface area (Å²) in [6.07, 6.45) is 3.02. The van der Waals surface area contributed by atoms with Crippen molar-refractivity contribution in [1.29, 1.82) is 0 Å². The summed E-state index contributed by atoms with van der Waals surface area (Å²) in [6.45, 7) is 0. The third-order valence-corrected chi connectivity index (χ3v) is 2.70. The number of aromatic nitrogens is 5. The Morgan fingerprint density at radius 3 is 2.38 bits per heavy atom. The van der Waals surface area contributed by atoms with E-state index in [4.69, 9.17) is 16.0 Å². The van der Waals surface area contributed by atoms with Crippen LogP contribution in [0.25, 0.3) is 22.8 Å². The Balaban J connectivity index is 1.90. The van der Waals surface area contributed by atoms with Crippen LogP contribution >= 0.6 is 11.6 Å². The number of hydrogen-bond donors (Lipinski definition) is 0. The lowest BCUT2D eigenvalue weighted by molar-refractivity contribution is 0.116. The summed E-state index contributed by atoms with van der Waals surface area (Å²) in [7, 11) is 0. The molecule has 0 bridgehead atoms. The molecule has 3 rings (SSSR count). The van der Waals surface area contributed by atoms with Crippen molar-refractivity contribution in [3.8, 4) is 22.8 Å². The zero-order valence-corrected chi connectivity index (χ0v) is 11.0. The van der Waals surface area contributed by atoms with Crippen molar-refractivity contribution in [3.63, 3.8) is 0 Å². The lowest BCUT2D eigenvalue weighted by atomic mass is 10.2. The lowest BCUT2D eigenvalue weighted by Gasteiger charge is -2.00. The molecule has 6 nitrogen and oxygen atoms in total. The smallest absolute Gasteiger partial charge is 0.314 e. The topological polar surface area (TPSA) is 77.6 Å². The third-order valence-electron chi connectivity index (χ3n) is 2.49. The molecule has 0 atom stereocenters. The van der Waals surface area contributed by atoms with Gasteiger partial charge in [0.2, 0.25) is 0 Å². The average molecular weight is 310 g/mol. The van der Waals surface area contributed by atoms with Gasteiger partial charge in [-0.2, -0.15) is 8.78 Å². The molecule has 3 heterocycles. The van der Waals surface area contributed by atoms with E-state index in [1.165, 1.54) is 18.6 Å². The van der Waals surface area contributed by atoms with Crippen molar-refractivity contribution in [2.45, 2.75) is 6.43 Å². The first-order chi connectivity index (χ1) is 10.1. The molecular formula is C12H6ClF2N5O. The average Bonchev–Trinajstić information content (AvgIpc) is 2.97. The van der Waals surface area contributed by atoms with Gasteiger partial charge in [0.1, 0.15) is 0 Å². The molecule has 0 unspecified atom stereocenters. The van der Waals surface area contributed by atoms with E-state index < -0.39 is 12.3 Å². The Morgan fingerprint density at radius 1 is 1.00 bits per heavy atom. The molecule has 0 aromatic carbocycles. The number of hydrogen-bond acceptors (Lipinski definition) is 6. The van der Waals surface area contributed by atoms with Crippen molar-refractivity contribution >= 4 is 11.6 Å². The van der Waals surface area contributed by atoms with Gasteiger partial charge in [-0.05, 0) is 6.07 Å². The Bertz CT molecular complexity index is 762. The highest BCUT2D eigenvalue weighted by Gasteiger charge is 2.17. The minimum atomic E-state index is -2.82. The first-order valence-corrected chi connectivity index (χ1v) is 6.06. The Morgan fingerprint density at radius 2 is 1.76 bits per heavy atom. The van der Waals surface area contributed by atoms with Gasteiger partial charge in [0, 0.05) is 30.4 Å². The molecule has 21 heavy (non-hydrogen) atoms.